The van der Waals surface area contributed by atoms with Crippen LogP contribution in [0.3, 0.4) is 0 Å². The smallest absolute Gasteiger partial charge is 0.157 e. The number of nitrogens with zero attached hydrogens (tertiary/aromatic N) is 1. The van der Waals surface area contributed by atoms with Gasteiger partial charge in [-0.05, 0) is 81.9 Å². The Bertz CT molecular complexity index is 947. The predicted octanol–water partition coefficient (Wildman–Crippen LogP) is 7.68. The maximum atomic E-state index is 12.9. The van der Waals surface area contributed by atoms with Crippen LogP contribution in [0.15, 0.2) is 77.5 Å². The molecule has 0 amide bonds. The zero-order chi connectivity index (χ0) is 22.8. The van der Waals surface area contributed by atoms with Gasteiger partial charge in [0.1, 0.15) is 0 Å². The lowest BCUT2D eigenvalue weighted by Gasteiger charge is -2.28. The number of ketones is 1. The van der Waals surface area contributed by atoms with Crippen molar-refractivity contribution in [3.8, 4) is 6.07 Å². The summed E-state index contributed by atoms with van der Waals surface area (Å²) in [5.74, 6) is -0.235. The minimum atomic E-state index is -0.257. The van der Waals surface area contributed by atoms with Gasteiger partial charge in [0.05, 0.1) is 11.6 Å². The molecule has 158 valence electrons. The van der Waals surface area contributed by atoms with Gasteiger partial charge in [-0.3, -0.25) is 4.79 Å². The Balaban J connectivity index is 3.95. The van der Waals surface area contributed by atoms with E-state index in [0.29, 0.717) is 5.56 Å². The molecule has 0 N–H and O–H groups in total. The molecule has 30 heavy (non-hydrogen) atoms. The lowest BCUT2D eigenvalue weighted by Crippen LogP contribution is -2.16. The highest BCUT2D eigenvalue weighted by Gasteiger charge is 2.28. The van der Waals surface area contributed by atoms with Gasteiger partial charge in [0, 0.05) is 11.5 Å². The Hall–Kier alpha value is -2.92. The average molecular weight is 402 g/mol. The van der Waals surface area contributed by atoms with E-state index in [-0.39, 0.29) is 11.7 Å². The first-order valence-electron chi connectivity index (χ1n) is 10.6. The molecule has 0 radical (unpaired) electrons. The van der Waals surface area contributed by atoms with Crippen molar-refractivity contribution in [2.45, 2.75) is 66.7 Å². The molecule has 0 aliphatic rings. The highest BCUT2D eigenvalue weighted by molar-refractivity contribution is 5.97. The molecule has 0 heterocycles. The van der Waals surface area contributed by atoms with Crippen LogP contribution < -0.4 is 0 Å². The largest absolute Gasteiger partial charge is 0.295 e. The lowest BCUT2D eigenvalue weighted by atomic mass is 9.75. The van der Waals surface area contributed by atoms with Crippen LogP contribution in [-0.4, -0.2) is 5.78 Å². The predicted molar refractivity (Wildman–Crippen MR) is 128 cm³/mol. The number of unbranched alkanes of at least 4 members (excludes halogenated alkanes) is 1. The second kappa shape index (κ2) is 11.9. The second-order valence-electron chi connectivity index (χ2n) is 7.81. The Morgan fingerprint density at radius 1 is 1.27 bits per heavy atom. The Morgan fingerprint density at radius 2 is 1.93 bits per heavy atom. The molecule has 0 aliphatic carbocycles. The van der Waals surface area contributed by atoms with E-state index in [0.717, 1.165) is 58.3 Å². The molecular formula is C28H35NO. The third-order valence-corrected chi connectivity index (χ3v) is 5.50. The molecule has 1 rings (SSSR count). The summed E-state index contributed by atoms with van der Waals surface area (Å²) < 4.78 is 0. The summed E-state index contributed by atoms with van der Waals surface area (Å²) in [6, 6.07) is 7.89. The van der Waals surface area contributed by atoms with Crippen LogP contribution in [0.1, 0.15) is 76.5 Å². The van der Waals surface area contributed by atoms with Crippen molar-refractivity contribution in [2.24, 2.45) is 0 Å². The van der Waals surface area contributed by atoms with Gasteiger partial charge in [-0.1, -0.05) is 61.9 Å². The van der Waals surface area contributed by atoms with E-state index in [4.69, 9.17) is 0 Å². The summed E-state index contributed by atoms with van der Waals surface area (Å²) in [6.07, 6.45) is 8.97. The van der Waals surface area contributed by atoms with Gasteiger partial charge in [0.25, 0.3) is 0 Å². The fourth-order valence-electron chi connectivity index (χ4n) is 3.62. The first kappa shape index (κ1) is 25.1. The molecule has 0 fully saturated rings. The van der Waals surface area contributed by atoms with Gasteiger partial charge in [0.2, 0.25) is 0 Å². The van der Waals surface area contributed by atoms with Crippen molar-refractivity contribution >= 4 is 5.78 Å². The van der Waals surface area contributed by atoms with Crippen molar-refractivity contribution in [2.75, 3.05) is 0 Å². The van der Waals surface area contributed by atoms with E-state index in [9.17, 15) is 10.1 Å². The zero-order valence-corrected chi connectivity index (χ0v) is 19.4. The van der Waals surface area contributed by atoms with Gasteiger partial charge in [0.15, 0.2) is 5.78 Å². The first-order chi connectivity index (χ1) is 14.2. The van der Waals surface area contributed by atoms with E-state index < -0.39 is 0 Å². The SMILES string of the molecule is C=C/C(C)=C(/C(C)=O)C(/C(=C/C(C)=C\C)C(=C)CCCC)c1ccc(C#N)cc1C. The molecule has 0 aliphatic heterocycles. The van der Waals surface area contributed by atoms with Crippen molar-refractivity contribution in [3.05, 3.63) is 94.1 Å². The van der Waals surface area contributed by atoms with E-state index in [1.165, 1.54) is 0 Å². The summed E-state index contributed by atoms with van der Waals surface area (Å²) in [5.41, 5.74) is 7.44. The van der Waals surface area contributed by atoms with Crippen LogP contribution in [-0.2, 0) is 4.79 Å². The summed E-state index contributed by atoms with van der Waals surface area (Å²) in [5, 5.41) is 9.30. The maximum absolute atomic E-state index is 12.9. The number of carbonyl (C=O) groups excluding carboxylic acids is 1. The van der Waals surface area contributed by atoms with Crippen molar-refractivity contribution in [1.82, 2.24) is 0 Å². The quantitative estimate of drug-likeness (QED) is 0.298. The van der Waals surface area contributed by atoms with E-state index >= 15 is 0 Å². The van der Waals surface area contributed by atoms with Crippen LogP contribution >= 0.6 is 0 Å². The molecule has 2 heteroatoms. The normalized spacial score (nSPS) is 13.9. The third-order valence-electron chi connectivity index (χ3n) is 5.50. The van der Waals surface area contributed by atoms with Gasteiger partial charge in [-0.15, -0.1) is 0 Å². The molecule has 0 spiro atoms. The number of aryl methyl sites for hydroxylation is 1. The van der Waals surface area contributed by atoms with Crippen LogP contribution in [0.25, 0.3) is 0 Å². The van der Waals surface area contributed by atoms with Gasteiger partial charge < -0.3 is 0 Å². The summed E-state index contributed by atoms with van der Waals surface area (Å²) >= 11 is 0. The van der Waals surface area contributed by atoms with Crippen LogP contribution in [0.4, 0.5) is 0 Å². The Kier molecular flexibility index (Phi) is 9.99. The number of allylic oxidation sites excluding steroid dienone is 8. The van der Waals surface area contributed by atoms with Crippen LogP contribution in [0.5, 0.6) is 0 Å². The molecule has 2 nitrogen and oxygen atoms in total. The summed E-state index contributed by atoms with van der Waals surface area (Å²) in [7, 11) is 0. The van der Waals surface area contributed by atoms with Gasteiger partial charge in [-0.25, -0.2) is 0 Å². The summed E-state index contributed by atoms with van der Waals surface area (Å²) in [6.45, 7) is 20.1. The Labute approximate surface area is 183 Å². The number of benzene rings is 1. The molecule has 1 atom stereocenters. The van der Waals surface area contributed by atoms with Crippen molar-refractivity contribution in [3.63, 3.8) is 0 Å². The highest BCUT2D eigenvalue weighted by Crippen LogP contribution is 2.41. The molecule has 0 bridgehead atoms. The van der Waals surface area contributed by atoms with E-state index in [1.807, 2.05) is 39.0 Å². The lowest BCUT2D eigenvalue weighted by molar-refractivity contribution is -0.113. The zero-order valence-electron chi connectivity index (χ0n) is 19.4. The molecule has 1 aromatic rings. The molecular weight excluding hydrogens is 366 g/mol. The van der Waals surface area contributed by atoms with Crippen LogP contribution in [0.2, 0.25) is 0 Å². The number of Topliss-reactive ketones (excluding diaryl/α,β-unsaturated/α-hetero) is 1. The second-order valence-corrected chi connectivity index (χ2v) is 7.81. The van der Waals surface area contributed by atoms with Crippen molar-refractivity contribution < 1.29 is 4.79 Å². The first-order valence-corrected chi connectivity index (χ1v) is 10.6. The van der Waals surface area contributed by atoms with Crippen LogP contribution in [0, 0.1) is 18.3 Å². The van der Waals surface area contributed by atoms with E-state index in [1.54, 1.807) is 13.0 Å². The fourth-order valence-corrected chi connectivity index (χ4v) is 3.62. The number of hydrogen-bond acceptors (Lipinski definition) is 2. The monoisotopic (exact) mass is 401 g/mol. The molecule has 0 aromatic heterocycles. The molecule has 1 unspecified atom stereocenters. The highest BCUT2D eigenvalue weighted by atomic mass is 16.1. The minimum Gasteiger partial charge on any atom is -0.295 e. The maximum Gasteiger partial charge on any atom is 0.157 e. The molecule has 0 saturated carbocycles. The van der Waals surface area contributed by atoms with E-state index in [2.05, 4.69) is 45.2 Å². The fraction of sp³-hybridized carbons (Fsp3) is 0.357. The number of nitriles is 1. The summed E-state index contributed by atoms with van der Waals surface area (Å²) in [4.78, 5) is 12.9. The topological polar surface area (TPSA) is 40.9 Å². The standard InChI is InChI=1S/C28H35NO/c1-9-12-13-21(6)26(16-19(4)10-2)28(27(23(8)30)20(5)11-3)25-15-14-24(18-29)17-22(25)7/h10-11,14-17,28H,3,6,9,12-13H2,1-2,4-5,7-8H3/b19-10-,26-16+,27-20-. The van der Waals surface area contributed by atoms with Gasteiger partial charge >= 0.3 is 0 Å². The minimum absolute atomic E-state index is 0.0217. The van der Waals surface area contributed by atoms with Crippen molar-refractivity contribution in [1.29, 1.82) is 5.26 Å². The van der Waals surface area contributed by atoms with Gasteiger partial charge in [-0.2, -0.15) is 5.26 Å². The average Bonchev–Trinajstić information content (AvgIpc) is 2.73. The number of carbonyl (C=O) groups is 1. The Morgan fingerprint density at radius 3 is 2.40 bits per heavy atom. The molecule has 0 saturated heterocycles. The molecule has 1 aromatic carbocycles. The number of rotatable bonds is 10. The third kappa shape index (κ3) is 6.29. The number of hydrogen-bond donors (Lipinski definition) is 0.